The Bertz CT molecular complexity index is 683. The van der Waals surface area contributed by atoms with Gasteiger partial charge < -0.3 is 20.1 Å². The Labute approximate surface area is 147 Å². The highest BCUT2D eigenvalue weighted by molar-refractivity contribution is 5.93. The van der Waals surface area contributed by atoms with Gasteiger partial charge in [-0.3, -0.25) is 0 Å². The van der Waals surface area contributed by atoms with E-state index in [9.17, 15) is 9.18 Å². The number of carbonyl (C=O) groups is 1. The van der Waals surface area contributed by atoms with Crippen LogP contribution in [0.3, 0.4) is 0 Å². The minimum Gasteiger partial charge on any atom is -0.370 e. The molecule has 2 heterocycles. The van der Waals surface area contributed by atoms with Crippen molar-refractivity contribution in [3.05, 3.63) is 42.7 Å². The minimum absolute atomic E-state index is 0.311. The second kappa shape index (κ2) is 8.50. The predicted molar refractivity (Wildman–Crippen MR) is 96.3 cm³/mol. The summed E-state index contributed by atoms with van der Waals surface area (Å²) < 4.78 is 15.6. The summed E-state index contributed by atoms with van der Waals surface area (Å²) in [5, 5.41) is 5.61. The molecule has 1 aliphatic heterocycles. The summed E-state index contributed by atoms with van der Waals surface area (Å²) in [5.74, 6) is -0.351. The number of hydrogen-bond acceptors (Lipinski definition) is 3. The summed E-state index contributed by atoms with van der Waals surface area (Å²) in [5.41, 5.74) is 1.41. The molecule has 0 bridgehead atoms. The number of carbonyl (C=O) groups excluding carboxylic acids is 1. The molecule has 1 aromatic carbocycles. The number of urea groups is 1. The van der Waals surface area contributed by atoms with Gasteiger partial charge in [0.25, 0.3) is 0 Å². The van der Waals surface area contributed by atoms with Crippen LogP contribution in [-0.2, 0) is 6.54 Å². The van der Waals surface area contributed by atoms with E-state index in [1.807, 2.05) is 10.8 Å². The number of imidazole rings is 1. The molecule has 2 N–H and O–H groups in total. The third kappa shape index (κ3) is 4.95. The molecule has 2 amide bonds. The highest BCUT2D eigenvalue weighted by atomic mass is 19.1. The van der Waals surface area contributed by atoms with Gasteiger partial charge in [-0.15, -0.1) is 0 Å². The first-order chi connectivity index (χ1) is 12.2. The molecule has 1 fully saturated rings. The first-order valence-electron chi connectivity index (χ1n) is 8.77. The maximum atomic E-state index is 13.6. The SMILES string of the molecule is O=C(NCCCn1ccnc1)Nc1cc(F)ccc1N1CCCCC1. The molecule has 25 heavy (non-hydrogen) atoms. The van der Waals surface area contributed by atoms with E-state index in [2.05, 4.69) is 20.5 Å². The summed E-state index contributed by atoms with van der Waals surface area (Å²) in [6.45, 7) is 3.21. The summed E-state index contributed by atoms with van der Waals surface area (Å²) in [6.07, 6.45) is 9.62. The van der Waals surface area contributed by atoms with Crippen LogP contribution in [0.25, 0.3) is 0 Å². The Balaban J connectivity index is 1.53. The zero-order chi connectivity index (χ0) is 17.5. The standard InChI is InChI=1S/C18H24FN5O/c19-15-5-6-17(24-10-2-1-3-11-24)16(13-15)22-18(25)21-7-4-9-23-12-8-20-14-23/h5-6,8,12-14H,1-4,7,9-11H2,(H2,21,22,25). The third-order valence-corrected chi connectivity index (χ3v) is 4.34. The Morgan fingerprint density at radius 1 is 1.24 bits per heavy atom. The van der Waals surface area contributed by atoms with Crippen molar-refractivity contribution in [3.8, 4) is 0 Å². The molecule has 134 valence electrons. The van der Waals surface area contributed by atoms with Gasteiger partial charge in [0.05, 0.1) is 17.7 Å². The number of benzene rings is 1. The molecule has 3 rings (SSSR count). The fraction of sp³-hybridized carbons (Fsp3) is 0.444. The predicted octanol–water partition coefficient (Wildman–Crippen LogP) is 3.22. The van der Waals surface area contributed by atoms with Gasteiger partial charge in [0.2, 0.25) is 0 Å². The van der Waals surface area contributed by atoms with Crippen molar-refractivity contribution < 1.29 is 9.18 Å². The average molecular weight is 345 g/mol. The molecule has 1 aromatic heterocycles. The molecule has 1 saturated heterocycles. The minimum atomic E-state index is -0.351. The molecule has 0 aliphatic carbocycles. The number of nitrogens with one attached hydrogen (secondary N) is 2. The monoisotopic (exact) mass is 345 g/mol. The molecule has 2 aromatic rings. The van der Waals surface area contributed by atoms with Crippen molar-refractivity contribution in [1.29, 1.82) is 0 Å². The molecule has 0 atom stereocenters. The maximum Gasteiger partial charge on any atom is 0.319 e. The molecule has 7 heteroatoms. The van der Waals surface area contributed by atoms with Crippen molar-refractivity contribution >= 4 is 17.4 Å². The molecule has 6 nitrogen and oxygen atoms in total. The lowest BCUT2D eigenvalue weighted by Gasteiger charge is -2.30. The highest BCUT2D eigenvalue weighted by Crippen LogP contribution is 2.29. The zero-order valence-corrected chi connectivity index (χ0v) is 14.2. The van der Waals surface area contributed by atoms with Crippen LogP contribution in [0.2, 0.25) is 0 Å². The van der Waals surface area contributed by atoms with Crippen LogP contribution in [0, 0.1) is 5.82 Å². The van der Waals surface area contributed by atoms with Crippen molar-refractivity contribution in [2.45, 2.75) is 32.2 Å². The van der Waals surface area contributed by atoms with Crippen LogP contribution in [0.1, 0.15) is 25.7 Å². The fourth-order valence-corrected chi connectivity index (χ4v) is 3.07. The second-order valence-corrected chi connectivity index (χ2v) is 6.24. The molecule has 0 unspecified atom stereocenters. The van der Waals surface area contributed by atoms with E-state index in [4.69, 9.17) is 0 Å². The van der Waals surface area contributed by atoms with Crippen LogP contribution >= 0.6 is 0 Å². The quantitative estimate of drug-likeness (QED) is 0.790. The molecular formula is C18H24FN5O. The number of nitrogens with zero attached hydrogens (tertiary/aromatic N) is 3. The molecule has 0 saturated carbocycles. The van der Waals surface area contributed by atoms with Gasteiger partial charge in [0.1, 0.15) is 5.82 Å². The van der Waals surface area contributed by atoms with Gasteiger partial charge in [-0.05, 0) is 43.9 Å². The number of hydrogen-bond donors (Lipinski definition) is 2. The lowest BCUT2D eigenvalue weighted by atomic mass is 10.1. The normalized spacial score (nSPS) is 14.4. The number of aromatic nitrogens is 2. The van der Waals surface area contributed by atoms with E-state index in [-0.39, 0.29) is 11.8 Å². The van der Waals surface area contributed by atoms with Crippen molar-refractivity contribution in [2.75, 3.05) is 29.9 Å². The van der Waals surface area contributed by atoms with Crippen LogP contribution in [0.4, 0.5) is 20.6 Å². The molecule has 1 aliphatic rings. The van der Waals surface area contributed by atoms with Gasteiger partial charge in [-0.2, -0.15) is 0 Å². The van der Waals surface area contributed by atoms with Gasteiger partial charge >= 0.3 is 6.03 Å². The lowest BCUT2D eigenvalue weighted by Crippen LogP contribution is -2.33. The van der Waals surface area contributed by atoms with Crippen molar-refractivity contribution in [2.24, 2.45) is 0 Å². The number of rotatable bonds is 6. The van der Waals surface area contributed by atoms with Crippen LogP contribution in [-0.4, -0.2) is 35.2 Å². The topological polar surface area (TPSA) is 62.2 Å². The first kappa shape index (κ1) is 17.3. The Morgan fingerprint density at radius 2 is 2.08 bits per heavy atom. The highest BCUT2D eigenvalue weighted by Gasteiger charge is 2.16. The number of piperidine rings is 1. The average Bonchev–Trinajstić information content (AvgIpc) is 3.13. The summed E-state index contributed by atoms with van der Waals surface area (Å²) in [4.78, 5) is 18.3. The van der Waals surface area contributed by atoms with Crippen molar-refractivity contribution in [3.63, 3.8) is 0 Å². The van der Waals surface area contributed by atoms with E-state index in [1.165, 1.54) is 18.6 Å². The number of aryl methyl sites for hydroxylation is 1. The summed E-state index contributed by atoms with van der Waals surface area (Å²) >= 11 is 0. The third-order valence-electron chi connectivity index (χ3n) is 4.34. The van der Waals surface area contributed by atoms with Crippen molar-refractivity contribution in [1.82, 2.24) is 14.9 Å². The number of halogens is 1. The van der Waals surface area contributed by atoms with E-state index in [0.717, 1.165) is 44.6 Å². The van der Waals surface area contributed by atoms with Crippen LogP contribution in [0.5, 0.6) is 0 Å². The van der Waals surface area contributed by atoms with E-state index >= 15 is 0 Å². The largest absolute Gasteiger partial charge is 0.370 e. The molecule has 0 radical (unpaired) electrons. The number of amides is 2. The molecule has 0 spiro atoms. The van der Waals surface area contributed by atoms with Crippen LogP contribution < -0.4 is 15.5 Å². The lowest BCUT2D eigenvalue weighted by molar-refractivity contribution is 0.252. The van der Waals surface area contributed by atoms with Gasteiger partial charge in [0, 0.05) is 38.6 Å². The van der Waals surface area contributed by atoms with Gasteiger partial charge in [0.15, 0.2) is 0 Å². The Hall–Kier alpha value is -2.57. The smallest absolute Gasteiger partial charge is 0.319 e. The Kier molecular flexibility index (Phi) is 5.87. The Morgan fingerprint density at radius 3 is 2.84 bits per heavy atom. The van der Waals surface area contributed by atoms with E-state index in [0.29, 0.717) is 12.2 Å². The molecular weight excluding hydrogens is 321 g/mol. The fourth-order valence-electron chi connectivity index (χ4n) is 3.07. The zero-order valence-electron chi connectivity index (χ0n) is 14.2. The number of anilines is 2. The van der Waals surface area contributed by atoms with E-state index < -0.39 is 0 Å². The first-order valence-corrected chi connectivity index (χ1v) is 8.77. The summed E-state index contributed by atoms with van der Waals surface area (Å²) in [6, 6.07) is 4.26. The summed E-state index contributed by atoms with van der Waals surface area (Å²) in [7, 11) is 0. The van der Waals surface area contributed by atoms with Crippen LogP contribution in [0.15, 0.2) is 36.9 Å². The van der Waals surface area contributed by atoms with E-state index in [1.54, 1.807) is 18.6 Å². The van der Waals surface area contributed by atoms with Gasteiger partial charge in [-0.1, -0.05) is 0 Å². The second-order valence-electron chi connectivity index (χ2n) is 6.24. The van der Waals surface area contributed by atoms with Gasteiger partial charge in [-0.25, -0.2) is 14.2 Å². The maximum absolute atomic E-state index is 13.6.